The average Bonchev–Trinajstić information content (AvgIpc) is 3.04. The lowest BCUT2D eigenvalue weighted by atomic mass is 10.1. The molecule has 5 rings (SSSR count). The van der Waals surface area contributed by atoms with Crippen LogP contribution in [0.5, 0.6) is 0 Å². The number of nitrogens with one attached hydrogen (secondary N) is 1. The fraction of sp³-hybridized carbons (Fsp3) is 0.636. The van der Waals surface area contributed by atoms with E-state index in [4.69, 9.17) is 16.3 Å². The molecule has 7 heteroatoms. The van der Waals surface area contributed by atoms with Crippen LogP contribution in [0.25, 0.3) is 5.52 Å². The molecule has 156 valence electrons. The van der Waals surface area contributed by atoms with Gasteiger partial charge in [0.25, 0.3) is 5.91 Å². The first-order valence-corrected chi connectivity index (χ1v) is 11.2. The van der Waals surface area contributed by atoms with E-state index in [-0.39, 0.29) is 11.8 Å². The van der Waals surface area contributed by atoms with E-state index >= 15 is 0 Å². The number of fused-ring (bicyclic) bond motifs is 2. The van der Waals surface area contributed by atoms with Crippen molar-refractivity contribution in [3.63, 3.8) is 0 Å². The Hall–Kier alpha value is -1.63. The number of halogens is 1. The molecule has 1 N–H and O–H groups in total. The first-order valence-electron chi connectivity index (χ1n) is 10.8. The fourth-order valence-electron chi connectivity index (χ4n) is 5.23. The summed E-state index contributed by atoms with van der Waals surface area (Å²) in [5.41, 5.74) is 2.17. The van der Waals surface area contributed by atoms with Gasteiger partial charge in [0.1, 0.15) is 5.69 Å². The van der Waals surface area contributed by atoms with Crippen LogP contribution in [0, 0.1) is 17.8 Å². The molecule has 2 aromatic rings. The number of amides is 1. The summed E-state index contributed by atoms with van der Waals surface area (Å²) in [4.78, 5) is 15.5. The molecule has 0 bridgehead atoms. The molecule has 0 spiro atoms. The fourth-order valence-corrected chi connectivity index (χ4v) is 5.63. The van der Waals surface area contributed by atoms with Crippen LogP contribution in [0.1, 0.15) is 48.8 Å². The minimum absolute atomic E-state index is 0.0728. The summed E-state index contributed by atoms with van der Waals surface area (Å²) < 4.78 is 7.18. The van der Waals surface area contributed by atoms with E-state index in [1.54, 1.807) is 4.52 Å². The van der Waals surface area contributed by atoms with E-state index in [0.717, 1.165) is 55.6 Å². The molecule has 1 amide bonds. The zero-order valence-electron chi connectivity index (χ0n) is 17.1. The highest BCUT2D eigenvalue weighted by atomic mass is 35.5. The maximum Gasteiger partial charge on any atom is 0.269 e. The number of aromatic nitrogens is 2. The molecule has 1 saturated carbocycles. The van der Waals surface area contributed by atoms with Gasteiger partial charge in [-0.25, -0.2) is 4.52 Å². The van der Waals surface area contributed by atoms with E-state index < -0.39 is 0 Å². The molecule has 2 atom stereocenters. The highest BCUT2D eigenvalue weighted by Gasteiger charge is 2.56. The van der Waals surface area contributed by atoms with Crippen LogP contribution >= 0.6 is 11.6 Å². The van der Waals surface area contributed by atoms with Gasteiger partial charge in [-0.15, -0.1) is 0 Å². The summed E-state index contributed by atoms with van der Waals surface area (Å²) in [7, 11) is 0. The van der Waals surface area contributed by atoms with Gasteiger partial charge in [0.05, 0.1) is 16.2 Å². The van der Waals surface area contributed by atoms with Crippen LogP contribution < -0.4 is 5.32 Å². The summed E-state index contributed by atoms with van der Waals surface area (Å²) in [5.74, 6) is 2.22. The first kappa shape index (κ1) is 19.3. The van der Waals surface area contributed by atoms with Crippen LogP contribution in [0.2, 0.25) is 5.02 Å². The van der Waals surface area contributed by atoms with Gasteiger partial charge in [-0.05, 0) is 48.6 Å². The maximum absolute atomic E-state index is 12.9. The Morgan fingerprint density at radius 1 is 1.28 bits per heavy atom. The molecule has 29 heavy (non-hydrogen) atoms. The van der Waals surface area contributed by atoms with Gasteiger partial charge in [-0.1, -0.05) is 31.5 Å². The lowest BCUT2D eigenvalue weighted by molar-refractivity contribution is 0.0368. The van der Waals surface area contributed by atoms with Gasteiger partial charge >= 0.3 is 0 Å². The van der Waals surface area contributed by atoms with Crippen molar-refractivity contribution in [1.29, 1.82) is 0 Å². The van der Waals surface area contributed by atoms with Crippen LogP contribution in [0.3, 0.4) is 0 Å². The van der Waals surface area contributed by atoms with Crippen LogP contribution in [-0.2, 0) is 4.74 Å². The van der Waals surface area contributed by atoms with Crippen molar-refractivity contribution in [2.24, 2.45) is 17.8 Å². The molecule has 1 aliphatic carbocycles. The Labute approximate surface area is 176 Å². The molecule has 3 aliphatic rings. The normalized spacial score (nSPS) is 27.5. The Morgan fingerprint density at radius 3 is 2.69 bits per heavy atom. The zero-order valence-corrected chi connectivity index (χ0v) is 17.9. The van der Waals surface area contributed by atoms with Gasteiger partial charge in [0.15, 0.2) is 0 Å². The van der Waals surface area contributed by atoms with Crippen molar-refractivity contribution in [3.8, 4) is 0 Å². The Balaban J connectivity index is 1.20. The third-order valence-corrected chi connectivity index (χ3v) is 7.39. The standard InChI is InChI=1S/C22H29ClN4O2/c1-13(2)21-20(23)18-4-3-5-19(27(18)25-21)22(28)24-10-15-16-11-26(12-17(15)16)14-6-8-29-9-7-14/h3-5,13-17H,6-12H2,1-2H3,(H,24,28). The molecule has 6 nitrogen and oxygen atoms in total. The zero-order chi connectivity index (χ0) is 20.1. The van der Waals surface area contributed by atoms with Crippen molar-refractivity contribution in [2.45, 2.75) is 38.6 Å². The number of rotatable bonds is 5. The Morgan fingerprint density at radius 2 is 2.00 bits per heavy atom. The highest BCUT2D eigenvalue weighted by Crippen LogP contribution is 2.52. The summed E-state index contributed by atoms with van der Waals surface area (Å²) in [6, 6.07) is 6.30. The predicted molar refractivity (Wildman–Crippen MR) is 113 cm³/mol. The van der Waals surface area contributed by atoms with Crippen molar-refractivity contribution < 1.29 is 9.53 Å². The van der Waals surface area contributed by atoms with Crippen LogP contribution in [0.4, 0.5) is 0 Å². The quantitative estimate of drug-likeness (QED) is 0.813. The van der Waals surface area contributed by atoms with Crippen LogP contribution in [-0.4, -0.2) is 59.3 Å². The molecule has 2 unspecified atom stereocenters. The van der Waals surface area contributed by atoms with Gasteiger partial charge in [-0.2, -0.15) is 5.10 Å². The molecular formula is C22H29ClN4O2. The molecule has 2 saturated heterocycles. The summed E-state index contributed by atoms with van der Waals surface area (Å²) in [6.07, 6.45) is 2.32. The second kappa shape index (κ2) is 7.56. The third-order valence-electron chi connectivity index (χ3n) is 7.01. The lowest BCUT2D eigenvalue weighted by Gasteiger charge is -2.32. The Kier molecular flexibility index (Phi) is 5.04. The SMILES string of the molecule is CC(C)c1nn2c(C(=O)NCC3C4CN(C5CCOCC5)CC34)cccc2c1Cl. The molecule has 0 aromatic carbocycles. The number of carbonyl (C=O) groups excluding carboxylic acids is 1. The lowest BCUT2D eigenvalue weighted by Crippen LogP contribution is -2.40. The number of pyridine rings is 1. The topological polar surface area (TPSA) is 58.9 Å². The number of likely N-dealkylation sites (tertiary alicyclic amines) is 1. The van der Waals surface area contributed by atoms with E-state index in [0.29, 0.717) is 22.7 Å². The largest absolute Gasteiger partial charge is 0.381 e. The number of hydrogen-bond acceptors (Lipinski definition) is 4. The molecule has 2 aliphatic heterocycles. The smallest absolute Gasteiger partial charge is 0.269 e. The summed E-state index contributed by atoms with van der Waals surface area (Å²) >= 11 is 6.48. The van der Waals surface area contributed by atoms with Gasteiger partial charge in [-0.3, -0.25) is 9.69 Å². The highest BCUT2D eigenvalue weighted by molar-refractivity contribution is 6.34. The number of carbonyl (C=O) groups is 1. The number of ether oxygens (including phenoxy) is 1. The monoisotopic (exact) mass is 416 g/mol. The second-order valence-corrected chi connectivity index (χ2v) is 9.44. The van der Waals surface area contributed by atoms with Crippen LogP contribution in [0.15, 0.2) is 18.2 Å². The molecular weight excluding hydrogens is 388 g/mol. The number of nitrogens with zero attached hydrogens (tertiary/aromatic N) is 3. The van der Waals surface area contributed by atoms with Crippen molar-refractivity contribution >= 4 is 23.0 Å². The summed E-state index contributed by atoms with van der Waals surface area (Å²) in [5, 5.41) is 8.39. The van der Waals surface area contributed by atoms with Crippen molar-refractivity contribution in [2.75, 3.05) is 32.8 Å². The first-order chi connectivity index (χ1) is 14.0. The van der Waals surface area contributed by atoms with E-state index in [1.165, 1.54) is 13.1 Å². The van der Waals surface area contributed by atoms with Gasteiger partial charge < -0.3 is 10.1 Å². The predicted octanol–water partition coefficient (Wildman–Crippen LogP) is 3.20. The minimum atomic E-state index is -0.0728. The van der Waals surface area contributed by atoms with Gasteiger partial charge in [0.2, 0.25) is 0 Å². The second-order valence-electron chi connectivity index (χ2n) is 9.06. The Bertz CT molecular complexity index is 909. The molecule has 0 radical (unpaired) electrons. The van der Waals surface area contributed by atoms with Crippen molar-refractivity contribution in [1.82, 2.24) is 19.8 Å². The third kappa shape index (κ3) is 3.45. The van der Waals surface area contributed by atoms with E-state index in [2.05, 4.69) is 29.2 Å². The average molecular weight is 417 g/mol. The van der Waals surface area contributed by atoms with Crippen molar-refractivity contribution in [3.05, 3.63) is 34.6 Å². The maximum atomic E-state index is 12.9. The van der Waals surface area contributed by atoms with Gasteiger partial charge in [0, 0.05) is 38.9 Å². The molecule has 4 heterocycles. The summed E-state index contributed by atoms with van der Waals surface area (Å²) in [6.45, 7) is 9.02. The molecule has 3 fully saturated rings. The minimum Gasteiger partial charge on any atom is -0.381 e. The molecule has 2 aromatic heterocycles. The van der Waals surface area contributed by atoms with E-state index in [9.17, 15) is 4.79 Å². The number of piperidine rings is 1. The number of hydrogen-bond donors (Lipinski definition) is 1. The van der Waals surface area contributed by atoms with E-state index in [1.807, 2.05) is 18.2 Å².